The van der Waals surface area contributed by atoms with Crippen LogP contribution in [-0.2, 0) is 19.9 Å². The summed E-state index contributed by atoms with van der Waals surface area (Å²) in [6, 6.07) is 11.1. The van der Waals surface area contributed by atoms with E-state index in [0.29, 0.717) is 22.7 Å². The van der Waals surface area contributed by atoms with Gasteiger partial charge in [0, 0.05) is 18.3 Å². The number of imide groups is 1. The van der Waals surface area contributed by atoms with E-state index in [-0.39, 0.29) is 5.91 Å². The second kappa shape index (κ2) is 8.47. The van der Waals surface area contributed by atoms with Crippen LogP contribution in [0.5, 0.6) is 5.75 Å². The highest BCUT2D eigenvalue weighted by atomic mass is 16.5. The lowest BCUT2D eigenvalue weighted by Gasteiger charge is -2.23. The van der Waals surface area contributed by atoms with Gasteiger partial charge in [-0.1, -0.05) is 12.1 Å². The van der Waals surface area contributed by atoms with Gasteiger partial charge in [0.2, 0.25) is 11.8 Å². The standard InChI is InChI=1S/C22H24N4O5/c1-13-10-15(8-9-18(13)31-4)22(3)20(29)26(21(30)25-22)12-19(28)24-17-7-5-6-16(11-17)23-14(2)27/h5-11H,12H2,1-4H3,(H,23,27)(H,24,28)(H,25,30). The van der Waals surface area contributed by atoms with Gasteiger partial charge in [-0.25, -0.2) is 4.79 Å². The van der Waals surface area contributed by atoms with Crippen molar-refractivity contribution < 1.29 is 23.9 Å². The maximum Gasteiger partial charge on any atom is 0.325 e. The number of carbonyl (C=O) groups excluding carboxylic acids is 4. The Hall–Kier alpha value is -3.88. The summed E-state index contributed by atoms with van der Waals surface area (Å²) in [5.74, 6) is -0.638. The third kappa shape index (κ3) is 4.50. The Bertz CT molecular complexity index is 1070. The van der Waals surface area contributed by atoms with E-state index in [4.69, 9.17) is 4.74 Å². The highest BCUT2D eigenvalue weighted by molar-refractivity contribution is 6.10. The van der Waals surface area contributed by atoms with Gasteiger partial charge in [-0.15, -0.1) is 0 Å². The third-order valence-corrected chi connectivity index (χ3v) is 5.02. The van der Waals surface area contributed by atoms with Crippen LogP contribution in [-0.4, -0.2) is 42.3 Å². The van der Waals surface area contributed by atoms with Gasteiger partial charge in [-0.2, -0.15) is 0 Å². The van der Waals surface area contributed by atoms with E-state index in [2.05, 4.69) is 16.0 Å². The number of ether oxygens (including phenoxy) is 1. The molecule has 1 fully saturated rings. The zero-order valence-corrected chi connectivity index (χ0v) is 17.7. The van der Waals surface area contributed by atoms with Crippen molar-refractivity contribution in [2.45, 2.75) is 26.3 Å². The quantitative estimate of drug-likeness (QED) is 0.616. The van der Waals surface area contributed by atoms with Crippen molar-refractivity contribution in [1.29, 1.82) is 0 Å². The molecule has 1 saturated heterocycles. The molecule has 0 radical (unpaired) electrons. The zero-order valence-electron chi connectivity index (χ0n) is 17.7. The molecule has 9 nitrogen and oxygen atoms in total. The number of nitrogens with one attached hydrogen (secondary N) is 3. The number of methoxy groups -OCH3 is 1. The van der Waals surface area contributed by atoms with Crippen LogP contribution in [0.25, 0.3) is 0 Å². The molecule has 5 amide bonds. The minimum Gasteiger partial charge on any atom is -0.496 e. The predicted octanol–water partition coefficient (Wildman–Crippen LogP) is 2.37. The lowest BCUT2D eigenvalue weighted by Crippen LogP contribution is -2.42. The van der Waals surface area contributed by atoms with E-state index in [9.17, 15) is 19.2 Å². The Balaban J connectivity index is 1.73. The molecule has 1 heterocycles. The number of rotatable bonds is 6. The van der Waals surface area contributed by atoms with Crippen molar-refractivity contribution in [2.75, 3.05) is 24.3 Å². The Morgan fingerprint density at radius 3 is 2.39 bits per heavy atom. The molecule has 1 atom stereocenters. The second-order valence-corrected chi connectivity index (χ2v) is 7.44. The van der Waals surface area contributed by atoms with Crippen molar-refractivity contribution in [1.82, 2.24) is 10.2 Å². The summed E-state index contributed by atoms with van der Waals surface area (Å²) in [5.41, 5.74) is 1.06. The van der Waals surface area contributed by atoms with E-state index < -0.39 is 29.9 Å². The third-order valence-electron chi connectivity index (χ3n) is 5.02. The molecule has 31 heavy (non-hydrogen) atoms. The molecule has 2 aromatic carbocycles. The van der Waals surface area contributed by atoms with Crippen LogP contribution in [0, 0.1) is 6.92 Å². The normalized spacial score (nSPS) is 17.9. The van der Waals surface area contributed by atoms with Crippen LogP contribution in [0.4, 0.5) is 16.2 Å². The molecule has 162 valence electrons. The SMILES string of the molecule is COc1ccc(C2(C)NC(=O)N(CC(=O)Nc3cccc(NC(C)=O)c3)C2=O)cc1C. The Kier molecular flexibility index (Phi) is 5.96. The molecular weight excluding hydrogens is 400 g/mol. The number of anilines is 2. The van der Waals surface area contributed by atoms with Gasteiger partial charge in [-0.3, -0.25) is 19.3 Å². The summed E-state index contributed by atoms with van der Waals surface area (Å²) in [7, 11) is 1.55. The number of hydrogen-bond acceptors (Lipinski definition) is 5. The largest absolute Gasteiger partial charge is 0.496 e. The van der Waals surface area contributed by atoms with Gasteiger partial charge in [0.25, 0.3) is 5.91 Å². The zero-order chi connectivity index (χ0) is 22.8. The fourth-order valence-corrected chi connectivity index (χ4v) is 3.45. The number of benzene rings is 2. The first kappa shape index (κ1) is 21.8. The molecule has 3 rings (SSSR count). The van der Waals surface area contributed by atoms with Crippen molar-refractivity contribution >= 4 is 35.1 Å². The number of carbonyl (C=O) groups is 4. The van der Waals surface area contributed by atoms with Crippen molar-refractivity contribution in [2.24, 2.45) is 0 Å². The summed E-state index contributed by atoms with van der Waals surface area (Å²) >= 11 is 0. The van der Waals surface area contributed by atoms with Crippen LogP contribution < -0.4 is 20.7 Å². The number of aryl methyl sites for hydroxylation is 1. The topological polar surface area (TPSA) is 117 Å². The number of amides is 5. The lowest BCUT2D eigenvalue weighted by atomic mass is 9.90. The Morgan fingerprint density at radius 1 is 1.10 bits per heavy atom. The van der Waals surface area contributed by atoms with Crippen molar-refractivity contribution in [3.63, 3.8) is 0 Å². The maximum absolute atomic E-state index is 13.1. The van der Waals surface area contributed by atoms with Crippen LogP contribution in [0.1, 0.15) is 25.0 Å². The summed E-state index contributed by atoms with van der Waals surface area (Å²) < 4.78 is 5.24. The molecule has 2 aromatic rings. The van der Waals surface area contributed by atoms with Gasteiger partial charge < -0.3 is 20.7 Å². The van der Waals surface area contributed by atoms with Crippen molar-refractivity contribution in [3.8, 4) is 5.75 Å². The van der Waals surface area contributed by atoms with Gasteiger partial charge in [0.15, 0.2) is 0 Å². The average molecular weight is 424 g/mol. The molecule has 0 aromatic heterocycles. The van der Waals surface area contributed by atoms with Crippen LogP contribution in [0.3, 0.4) is 0 Å². The Labute approximate surface area is 179 Å². The summed E-state index contributed by atoms with van der Waals surface area (Å²) in [6.07, 6.45) is 0. The summed E-state index contributed by atoms with van der Waals surface area (Å²) in [5, 5.41) is 7.93. The predicted molar refractivity (Wildman–Crippen MR) is 115 cm³/mol. The first-order valence-electron chi connectivity index (χ1n) is 9.61. The van der Waals surface area contributed by atoms with E-state index in [1.165, 1.54) is 6.92 Å². The van der Waals surface area contributed by atoms with Crippen LogP contribution >= 0.6 is 0 Å². The monoisotopic (exact) mass is 424 g/mol. The molecule has 9 heteroatoms. The smallest absolute Gasteiger partial charge is 0.325 e. The van der Waals surface area contributed by atoms with Gasteiger partial charge in [0.05, 0.1) is 7.11 Å². The number of urea groups is 1. The van der Waals surface area contributed by atoms with Crippen LogP contribution in [0.15, 0.2) is 42.5 Å². The first-order valence-corrected chi connectivity index (χ1v) is 9.61. The average Bonchev–Trinajstić information content (AvgIpc) is 2.91. The van der Waals surface area contributed by atoms with Gasteiger partial charge in [-0.05, 0) is 55.3 Å². The van der Waals surface area contributed by atoms with E-state index in [0.717, 1.165) is 10.5 Å². The lowest BCUT2D eigenvalue weighted by molar-refractivity contribution is -0.133. The fourth-order valence-electron chi connectivity index (χ4n) is 3.45. The second-order valence-electron chi connectivity index (χ2n) is 7.44. The Morgan fingerprint density at radius 2 is 1.77 bits per heavy atom. The molecule has 0 saturated carbocycles. The molecule has 1 aliphatic heterocycles. The minimum atomic E-state index is -1.29. The highest BCUT2D eigenvalue weighted by Crippen LogP contribution is 2.31. The number of nitrogens with zero attached hydrogens (tertiary/aromatic N) is 1. The molecule has 3 N–H and O–H groups in total. The highest BCUT2D eigenvalue weighted by Gasteiger charge is 2.49. The minimum absolute atomic E-state index is 0.240. The maximum atomic E-state index is 13.1. The van der Waals surface area contributed by atoms with Crippen molar-refractivity contribution in [3.05, 3.63) is 53.6 Å². The van der Waals surface area contributed by atoms with E-state index in [1.807, 2.05) is 6.92 Å². The fraction of sp³-hybridized carbons (Fsp3) is 0.273. The van der Waals surface area contributed by atoms with E-state index >= 15 is 0 Å². The van der Waals surface area contributed by atoms with Crippen LogP contribution in [0.2, 0.25) is 0 Å². The summed E-state index contributed by atoms with van der Waals surface area (Å²) in [4.78, 5) is 50.1. The number of hydrogen-bond donors (Lipinski definition) is 3. The summed E-state index contributed by atoms with van der Waals surface area (Å²) in [6.45, 7) is 4.38. The van der Waals surface area contributed by atoms with Gasteiger partial charge >= 0.3 is 6.03 Å². The molecule has 0 bridgehead atoms. The molecular formula is C22H24N4O5. The molecule has 0 spiro atoms. The molecule has 1 aliphatic rings. The van der Waals surface area contributed by atoms with Gasteiger partial charge in [0.1, 0.15) is 17.8 Å². The molecule has 1 unspecified atom stereocenters. The first-order chi connectivity index (χ1) is 14.6. The van der Waals surface area contributed by atoms with E-state index in [1.54, 1.807) is 56.5 Å². The molecule has 0 aliphatic carbocycles.